The first kappa shape index (κ1) is 48.5. The fourth-order valence-corrected chi connectivity index (χ4v) is 7.92. The molecule has 4 aromatic heterocycles. The number of amides is 1. The molecule has 2 aliphatic heterocycles. The lowest BCUT2D eigenvalue weighted by atomic mass is 10.1. The van der Waals surface area contributed by atoms with E-state index in [4.69, 9.17) is 54.0 Å². The molecule has 0 spiro atoms. The number of nitrogens with two attached hydrogens (primary N) is 1. The fraction of sp³-hybridized carbons (Fsp3) is 0.375. The number of carboxylic acids is 1. The van der Waals surface area contributed by atoms with Gasteiger partial charge in [-0.2, -0.15) is 20.7 Å². The van der Waals surface area contributed by atoms with E-state index in [2.05, 4.69) is 58.2 Å². The zero-order valence-corrected chi connectivity index (χ0v) is 39.0. The van der Waals surface area contributed by atoms with Crippen molar-refractivity contribution in [2.24, 2.45) is 16.6 Å². The fourth-order valence-electron chi connectivity index (χ4n) is 7.51. The molecule has 0 bridgehead atoms. The van der Waals surface area contributed by atoms with Crippen LogP contribution >= 0.6 is 23.2 Å². The molecule has 10 rings (SSSR count). The highest BCUT2D eigenvalue weighted by molar-refractivity contribution is 6.33. The number of benzene rings is 2. The van der Waals surface area contributed by atoms with Gasteiger partial charge in [0, 0.05) is 68.6 Å². The van der Waals surface area contributed by atoms with Gasteiger partial charge in [0.25, 0.3) is 5.91 Å². The van der Waals surface area contributed by atoms with Crippen LogP contribution in [0.3, 0.4) is 0 Å². The van der Waals surface area contributed by atoms with Gasteiger partial charge in [-0.25, -0.2) is 24.7 Å². The summed E-state index contributed by atoms with van der Waals surface area (Å²) in [6, 6.07) is 18.5. The van der Waals surface area contributed by atoms with E-state index in [1.54, 1.807) is 55.0 Å². The number of carboxylic acid groups (broad SMARTS) is 1. The van der Waals surface area contributed by atoms with Gasteiger partial charge < -0.3 is 36.3 Å². The summed E-state index contributed by atoms with van der Waals surface area (Å²) in [5, 5.41) is 45.4. The monoisotopic (exact) mass is 972 g/mol. The second-order valence-corrected chi connectivity index (χ2v) is 18.1. The van der Waals surface area contributed by atoms with Crippen molar-refractivity contribution < 1.29 is 24.2 Å². The molecule has 2 saturated heterocycles. The van der Waals surface area contributed by atoms with E-state index in [9.17, 15) is 9.59 Å². The summed E-state index contributed by atoms with van der Waals surface area (Å²) in [4.78, 5) is 41.0. The summed E-state index contributed by atoms with van der Waals surface area (Å²) >= 11 is 12.6. The Morgan fingerprint density at radius 2 is 1.13 bits per heavy atom. The molecule has 356 valence electrons. The van der Waals surface area contributed by atoms with Crippen LogP contribution in [-0.4, -0.2) is 96.0 Å². The third-order valence-electron chi connectivity index (χ3n) is 12.3. The summed E-state index contributed by atoms with van der Waals surface area (Å²) in [5.74, 6) is -0.401. The Bertz CT molecular complexity index is 2820. The lowest BCUT2D eigenvalue weighted by Crippen LogP contribution is -2.29. The zero-order valence-electron chi connectivity index (χ0n) is 37.5. The summed E-state index contributed by atoms with van der Waals surface area (Å²) in [6.07, 6.45) is 17.9. The Morgan fingerprint density at radius 1 is 0.696 bits per heavy atom. The van der Waals surface area contributed by atoms with Crippen LogP contribution in [0.15, 0.2) is 85.7 Å². The van der Waals surface area contributed by atoms with Crippen molar-refractivity contribution in [1.82, 2.24) is 44.8 Å². The van der Waals surface area contributed by atoms with E-state index < -0.39 is 5.97 Å². The number of nitrogens with zero attached hydrogens (tertiary/aromatic N) is 10. The van der Waals surface area contributed by atoms with Crippen LogP contribution in [0.2, 0.25) is 10.0 Å². The third-order valence-corrected chi connectivity index (χ3v) is 12.9. The highest BCUT2D eigenvalue weighted by Crippen LogP contribution is 2.44. The lowest BCUT2D eigenvalue weighted by molar-refractivity contribution is 0.0661. The smallest absolute Gasteiger partial charge is 0.335 e. The minimum Gasteiger partial charge on any atom is -0.478 e. The molecule has 21 heteroatoms. The Kier molecular flexibility index (Phi) is 15.4. The first-order valence-electron chi connectivity index (χ1n) is 22.6. The van der Waals surface area contributed by atoms with E-state index in [0.717, 1.165) is 94.7 Å². The van der Waals surface area contributed by atoms with Crippen LogP contribution in [0.5, 0.6) is 0 Å². The van der Waals surface area contributed by atoms with Gasteiger partial charge in [0.1, 0.15) is 0 Å². The van der Waals surface area contributed by atoms with Crippen LogP contribution < -0.4 is 21.7 Å². The van der Waals surface area contributed by atoms with Crippen molar-refractivity contribution in [2.75, 3.05) is 50.2 Å². The van der Waals surface area contributed by atoms with Crippen LogP contribution in [0.4, 0.5) is 23.3 Å². The molecule has 2 saturated carbocycles. The number of carbonyl (C=O) groups excluding carboxylic acids is 1. The maximum atomic E-state index is 12.4. The Hall–Kier alpha value is -7.00. The van der Waals surface area contributed by atoms with Gasteiger partial charge in [-0.1, -0.05) is 47.5 Å². The van der Waals surface area contributed by atoms with Crippen LogP contribution in [0, 0.1) is 33.5 Å². The molecule has 4 aliphatic rings. The normalized spacial score (nSPS) is 16.8. The second kappa shape index (κ2) is 22.0. The van der Waals surface area contributed by atoms with Crippen molar-refractivity contribution >= 4 is 58.3 Å². The predicted molar refractivity (Wildman–Crippen MR) is 257 cm³/mol. The number of halogens is 2. The standard InChI is InChI=1S/C24H24ClN7O2.C19H18ClN5O3.C5H8N2/c25-20-12-27-23(30-18-11-29-32(13-18)19-5-9-34-10-6-19)31-21(20)16-1-3-17(4-2-16)22(33)28-15-24(14-26)7-8-24;20-16-10-21-19(24-17(16)12-1-3-13(4-2-12)18(26)27)23-14-9-22-25(11-14)15-5-7-28-8-6-15;6-3-5(4-7)1-2-5/h1-4,11-13,19H,5-10,15H2,(H,28,33)(H,27,30,31);1-4,9-11,15H,5-8H2,(H,26,27)(H,21,23,24);1-3,6H2. The first-order chi connectivity index (χ1) is 33.5. The second-order valence-electron chi connectivity index (χ2n) is 17.3. The number of nitrogens with one attached hydrogen (secondary N) is 3. The number of hydrogen-bond donors (Lipinski definition) is 5. The minimum atomic E-state index is -0.982. The van der Waals surface area contributed by atoms with E-state index in [1.807, 2.05) is 21.8 Å². The van der Waals surface area contributed by atoms with Gasteiger partial charge in [-0.05, 0) is 75.6 Å². The van der Waals surface area contributed by atoms with Crippen LogP contribution in [-0.2, 0) is 9.47 Å². The molecule has 2 aromatic carbocycles. The largest absolute Gasteiger partial charge is 0.478 e. The van der Waals surface area contributed by atoms with E-state index >= 15 is 0 Å². The third kappa shape index (κ3) is 12.6. The molecule has 4 fully saturated rings. The number of aromatic carboxylic acids is 1. The highest BCUT2D eigenvalue weighted by atomic mass is 35.5. The molecule has 2 aliphatic carbocycles. The number of hydrogen-bond acceptors (Lipinski definition) is 15. The quantitative estimate of drug-likeness (QED) is 0.0730. The number of rotatable bonds is 13. The van der Waals surface area contributed by atoms with E-state index in [1.165, 1.54) is 18.3 Å². The van der Waals surface area contributed by atoms with Crippen molar-refractivity contribution in [3.05, 3.63) is 107 Å². The van der Waals surface area contributed by atoms with Gasteiger partial charge in [-0.15, -0.1) is 0 Å². The van der Waals surface area contributed by atoms with Crippen molar-refractivity contribution in [1.29, 1.82) is 10.5 Å². The van der Waals surface area contributed by atoms with Crippen molar-refractivity contribution in [3.8, 4) is 34.7 Å². The van der Waals surface area contributed by atoms with E-state index in [0.29, 0.717) is 69.6 Å². The molecular formula is C48H50Cl2N14O5. The molecule has 6 N–H and O–H groups in total. The summed E-state index contributed by atoms with van der Waals surface area (Å²) in [6.45, 7) is 3.91. The number of nitriles is 2. The summed E-state index contributed by atoms with van der Waals surface area (Å²) in [7, 11) is 0. The van der Waals surface area contributed by atoms with Gasteiger partial charge in [0.15, 0.2) is 0 Å². The minimum absolute atomic E-state index is 0.0833. The molecule has 19 nitrogen and oxygen atoms in total. The Labute approximate surface area is 408 Å². The molecule has 0 atom stereocenters. The van der Waals surface area contributed by atoms with Gasteiger partial charge in [0.05, 0.1) is 98.2 Å². The predicted octanol–water partition coefficient (Wildman–Crippen LogP) is 8.16. The van der Waals surface area contributed by atoms with Crippen LogP contribution in [0.1, 0.15) is 84.2 Å². The van der Waals surface area contributed by atoms with Crippen molar-refractivity contribution in [3.63, 3.8) is 0 Å². The molecule has 0 unspecified atom stereocenters. The lowest BCUT2D eigenvalue weighted by Gasteiger charge is -2.22. The van der Waals surface area contributed by atoms with Crippen molar-refractivity contribution in [2.45, 2.75) is 63.5 Å². The molecule has 0 radical (unpaired) electrons. The number of ether oxygens (including phenoxy) is 2. The zero-order chi connectivity index (χ0) is 48.4. The molecule has 69 heavy (non-hydrogen) atoms. The maximum absolute atomic E-state index is 12.4. The van der Waals surface area contributed by atoms with Gasteiger partial charge >= 0.3 is 5.97 Å². The van der Waals surface area contributed by atoms with Gasteiger partial charge in [0.2, 0.25) is 11.9 Å². The molecule has 6 heterocycles. The summed E-state index contributed by atoms with van der Waals surface area (Å²) < 4.78 is 14.7. The number of anilines is 4. The Morgan fingerprint density at radius 3 is 1.51 bits per heavy atom. The Balaban J connectivity index is 0.000000165. The maximum Gasteiger partial charge on any atom is 0.335 e. The highest BCUT2D eigenvalue weighted by Gasteiger charge is 2.43. The van der Waals surface area contributed by atoms with Crippen LogP contribution in [0.25, 0.3) is 22.5 Å². The number of carbonyl (C=O) groups is 2. The van der Waals surface area contributed by atoms with Gasteiger partial charge in [-0.3, -0.25) is 14.2 Å². The SMILES string of the molecule is N#CC1(CN)CC1.N#CC1(CNC(=O)c2ccc(-c3nc(Nc4cnn(C5CCOCC5)c4)ncc3Cl)cc2)CC1.O=C(O)c1ccc(-c2nc(Nc3cnn(C4CCOCC4)c3)ncc2Cl)cc1. The number of aromatic nitrogens is 8. The molecular weight excluding hydrogens is 924 g/mol. The first-order valence-corrected chi connectivity index (χ1v) is 23.3. The molecule has 6 aromatic rings. The van der Waals surface area contributed by atoms with E-state index in [-0.39, 0.29) is 22.3 Å². The average molecular weight is 974 g/mol. The topological polar surface area (TPSA) is 270 Å². The average Bonchev–Trinajstić information content (AvgIpc) is 4.26. The summed E-state index contributed by atoms with van der Waals surface area (Å²) in [5.41, 5.74) is 9.63. The molecule has 1 amide bonds.